The molecule has 9 heteroatoms. The van der Waals surface area contributed by atoms with Crippen molar-refractivity contribution in [1.82, 2.24) is 0 Å². The number of rotatable bonds is 4. The topological polar surface area (TPSA) is 96.0 Å². The van der Waals surface area contributed by atoms with E-state index in [1.807, 2.05) is 31.2 Å². The van der Waals surface area contributed by atoms with E-state index in [-0.39, 0.29) is 17.9 Å². The summed E-state index contributed by atoms with van der Waals surface area (Å²) in [5.74, 6) is -0.182. The van der Waals surface area contributed by atoms with Crippen LogP contribution in [0.3, 0.4) is 0 Å². The third-order valence-electron chi connectivity index (χ3n) is 5.72. The third-order valence-corrected chi connectivity index (χ3v) is 6.33. The van der Waals surface area contributed by atoms with Gasteiger partial charge in [-0.2, -0.15) is 0 Å². The van der Waals surface area contributed by atoms with Crippen LogP contribution in [0.1, 0.15) is 26.7 Å². The van der Waals surface area contributed by atoms with Crippen molar-refractivity contribution in [3.63, 3.8) is 0 Å². The van der Waals surface area contributed by atoms with E-state index >= 15 is 0 Å². The van der Waals surface area contributed by atoms with Gasteiger partial charge in [0.2, 0.25) is 15.9 Å². The van der Waals surface area contributed by atoms with Gasteiger partial charge in [0.05, 0.1) is 23.7 Å². The van der Waals surface area contributed by atoms with Gasteiger partial charge in [0.1, 0.15) is 6.10 Å². The zero-order chi connectivity index (χ0) is 23.0. The van der Waals surface area contributed by atoms with Crippen LogP contribution in [0.25, 0.3) is 11.1 Å². The summed E-state index contributed by atoms with van der Waals surface area (Å²) in [5.41, 5.74) is 3.38. The summed E-state index contributed by atoms with van der Waals surface area (Å²) in [4.78, 5) is 29.1. The van der Waals surface area contributed by atoms with Gasteiger partial charge in [-0.1, -0.05) is 18.2 Å². The molecule has 0 bridgehead atoms. The Morgan fingerprint density at radius 2 is 1.84 bits per heavy atom. The van der Waals surface area contributed by atoms with Gasteiger partial charge < -0.3 is 14.5 Å². The van der Waals surface area contributed by atoms with E-state index in [0.29, 0.717) is 36.6 Å². The summed E-state index contributed by atoms with van der Waals surface area (Å²) >= 11 is 0. The number of nitrogens with zero attached hydrogens (tertiary/aromatic N) is 2. The van der Waals surface area contributed by atoms with E-state index in [9.17, 15) is 18.0 Å². The average Bonchev–Trinajstić information content (AvgIpc) is 3.26. The number of hydrogen-bond acceptors (Lipinski definition) is 5. The first-order valence-corrected chi connectivity index (χ1v) is 12.5. The zero-order valence-corrected chi connectivity index (χ0v) is 19.2. The first-order chi connectivity index (χ1) is 15.1. The molecule has 8 nitrogen and oxygen atoms in total. The van der Waals surface area contributed by atoms with Crippen LogP contribution in [0, 0.1) is 0 Å². The molecule has 2 aromatic carbocycles. The second-order valence-electron chi connectivity index (χ2n) is 8.35. The van der Waals surface area contributed by atoms with Gasteiger partial charge in [-0.15, -0.1) is 0 Å². The second-order valence-corrected chi connectivity index (χ2v) is 10.1. The number of fused-ring (bicyclic) bond motifs is 1. The number of benzene rings is 2. The largest absolute Gasteiger partial charge is 0.368 e. The van der Waals surface area contributed by atoms with E-state index < -0.39 is 16.1 Å². The molecule has 4 rings (SSSR count). The predicted octanol–water partition coefficient (Wildman–Crippen LogP) is 2.99. The number of carbonyl (C=O) groups is 2. The molecule has 2 unspecified atom stereocenters. The Balaban J connectivity index is 1.77. The molecule has 2 amide bonds. The number of ether oxygens (including phenoxy) is 1. The lowest BCUT2D eigenvalue weighted by Gasteiger charge is -2.41. The van der Waals surface area contributed by atoms with Crippen LogP contribution in [-0.4, -0.2) is 51.8 Å². The summed E-state index contributed by atoms with van der Waals surface area (Å²) in [7, 11) is -3.40. The van der Waals surface area contributed by atoms with Crippen molar-refractivity contribution in [3.8, 4) is 11.1 Å². The van der Waals surface area contributed by atoms with Crippen LogP contribution in [0.5, 0.6) is 0 Å². The van der Waals surface area contributed by atoms with E-state index in [4.69, 9.17) is 4.74 Å². The van der Waals surface area contributed by atoms with E-state index in [2.05, 4.69) is 4.72 Å². The molecular weight excluding hydrogens is 430 g/mol. The maximum absolute atomic E-state index is 13.3. The van der Waals surface area contributed by atoms with Gasteiger partial charge in [0.15, 0.2) is 0 Å². The Morgan fingerprint density at radius 3 is 2.50 bits per heavy atom. The minimum absolute atomic E-state index is 0.0879. The van der Waals surface area contributed by atoms with Crippen LogP contribution in [0.2, 0.25) is 0 Å². The molecule has 0 aromatic heterocycles. The molecule has 170 valence electrons. The molecule has 2 aliphatic rings. The van der Waals surface area contributed by atoms with Crippen molar-refractivity contribution in [2.45, 2.75) is 38.8 Å². The normalized spacial score (nSPS) is 20.7. The number of anilines is 3. The molecule has 1 fully saturated rings. The number of sulfonamides is 1. The number of hydrogen-bond donors (Lipinski definition) is 1. The summed E-state index contributed by atoms with van der Waals surface area (Å²) in [5, 5.41) is 0. The van der Waals surface area contributed by atoms with Gasteiger partial charge in [-0.25, -0.2) is 8.42 Å². The molecule has 2 aliphatic heterocycles. The number of amides is 2. The van der Waals surface area contributed by atoms with Gasteiger partial charge in [0, 0.05) is 25.8 Å². The van der Waals surface area contributed by atoms with E-state index in [1.165, 1.54) is 6.92 Å². The molecular formula is C23H27N3O5S. The number of carbonyl (C=O) groups excluding carboxylic acids is 2. The molecule has 0 spiro atoms. The Bertz CT molecular complexity index is 1160. The fourth-order valence-corrected chi connectivity index (χ4v) is 4.97. The standard InChI is InChI=1S/C23H27N3O5S/c1-15-14-25(23(28)22-8-5-11-31-22)21-13-18(9-10-20(21)26(15)16(2)27)17-6-4-7-19(12-17)24-32(3,29)30/h4,6-7,9-10,12-13,15,22,24H,5,8,11,14H2,1-3H3. The Labute approximate surface area is 188 Å². The van der Waals surface area contributed by atoms with Crippen LogP contribution >= 0.6 is 0 Å². The van der Waals surface area contributed by atoms with Gasteiger partial charge in [0.25, 0.3) is 5.91 Å². The second kappa shape index (κ2) is 8.55. The van der Waals surface area contributed by atoms with Crippen LogP contribution in [-0.2, 0) is 24.3 Å². The molecule has 2 aromatic rings. The fourth-order valence-electron chi connectivity index (χ4n) is 4.42. The maximum Gasteiger partial charge on any atom is 0.256 e. The summed E-state index contributed by atoms with van der Waals surface area (Å²) in [6.07, 6.45) is 2.18. The quantitative estimate of drug-likeness (QED) is 0.762. The van der Waals surface area contributed by atoms with Gasteiger partial charge >= 0.3 is 0 Å². The van der Waals surface area contributed by atoms with Gasteiger partial charge in [-0.3, -0.25) is 14.3 Å². The molecule has 1 N–H and O–H groups in total. The lowest BCUT2D eigenvalue weighted by atomic mass is 9.99. The molecule has 0 saturated carbocycles. The minimum Gasteiger partial charge on any atom is -0.368 e. The molecule has 32 heavy (non-hydrogen) atoms. The first-order valence-electron chi connectivity index (χ1n) is 10.6. The monoisotopic (exact) mass is 457 g/mol. The Morgan fingerprint density at radius 1 is 1.09 bits per heavy atom. The highest BCUT2D eigenvalue weighted by Crippen LogP contribution is 2.40. The SMILES string of the molecule is CC(=O)N1c2ccc(-c3cccc(NS(C)(=O)=O)c3)cc2N(C(=O)C2CCCO2)CC1C. The van der Waals surface area contributed by atoms with E-state index in [0.717, 1.165) is 23.8 Å². The molecule has 2 heterocycles. The summed E-state index contributed by atoms with van der Waals surface area (Å²) in [6, 6.07) is 12.5. The van der Waals surface area contributed by atoms with Crippen LogP contribution in [0.4, 0.5) is 17.1 Å². The summed E-state index contributed by atoms with van der Waals surface area (Å²) in [6.45, 7) is 4.40. The highest BCUT2D eigenvalue weighted by Gasteiger charge is 2.37. The van der Waals surface area contributed by atoms with Crippen molar-refractivity contribution in [2.24, 2.45) is 0 Å². The molecule has 0 radical (unpaired) electrons. The van der Waals surface area contributed by atoms with Crippen molar-refractivity contribution < 1.29 is 22.7 Å². The zero-order valence-electron chi connectivity index (χ0n) is 18.4. The lowest BCUT2D eigenvalue weighted by Crippen LogP contribution is -2.53. The molecule has 2 atom stereocenters. The highest BCUT2D eigenvalue weighted by molar-refractivity contribution is 7.92. The lowest BCUT2D eigenvalue weighted by molar-refractivity contribution is -0.127. The maximum atomic E-state index is 13.3. The molecule has 0 aliphatic carbocycles. The number of nitrogens with one attached hydrogen (secondary N) is 1. The van der Waals surface area contributed by atoms with E-state index in [1.54, 1.807) is 28.0 Å². The fraction of sp³-hybridized carbons (Fsp3) is 0.391. The van der Waals surface area contributed by atoms with Crippen molar-refractivity contribution >= 4 is 38.9 Å². The average molecular weight is 458 g/mol. The van der Waals surface area contributed by atoms with Crippen LogP contribution < -0.4 is 14.5 Å². The van der Waals surface area contributed by atoms with Gasteiger partial charge in [-0.05, 0) is 55.2 Å². The summed E-state index contributed by atoms with van der Waals surface area (Å²) < 4.78 is 31.3. The predicted molar refractivity (Wildman–Crippen MR) is 124 cm³/mol. The Kier molecular flexibility index (Phi) is 5.96. The highest BCUT2D eigenvalue weighted by atomic mass is 32.2. The Hall–Kier alpha value is -2.91. The smallest absolute Gasteiger partial charge is 0.256 e. The molecule has 1 saturated heterocycles. The minimum atomic E-state index is -3.40. The van der Waals surface area contributed by atoms with Crippen LogP contribution in [0.15, 0.2) is 42.5 Å². The first kappa shape index (κ1) is 22.3. The van der Waals surface area contributed by atoms with Crippen molar-refractivity contribution in [1.29, 1.82) is 0 Å². The van der Waals surface area contributed by atoms with Crippen molar-refractivity contribution in [3.05, 3.63) is 42.5 Å². The third kappa shape index (κ3) is 4.49. The van der Waals surface area contributed by atoms with Crippen molar-refractivity contribution in [2.75, 3.05) is 33.9 Å².